The zero-order chi connectivity index (χ0) is 16.5. The van der Waals surface area contributed by atoms with Gasteiger partial charge in [0.05, 0.1) is 20.4 Å². The molecule has 0 unspecified atom stereocenters. The average molecular weight is 316 g/mol. The molecule has 0 atom stereocenters. The van der Waals surface area contributed by atoms with Crippen molar-refractivity contribution in [2.75, 3.05) is 20.8 Å². The molecule has 6 nitrogen and oxygen atoms in total. The molecule has 0 fully saturated rings. The Balaban J connectivity index is 1.79. The number of hydrogen-bond acceptors (Lipinski definition) is 5. The number of nitrogens with zero attached hydrogens (tertiary/aromatic N) is 1. The summed E-state index contributed by atoms with van der Waals surface area (Å²) in [6, 6.07) is 5.47. The SMILES string of the molecule is COc1ccc(/C=C/C(=O)NCCCc2cnoc2)cc1OC. The fraction of sp³-hybridized carbons (Fsp3) is 0.294. The van der Waals surface area contributed by atoms with E-state index in [1.54, 1.807) is 38.8 Å². The third kappa shape index (κ3) is 5.18. The minimum atomic E-state index is -0.134. The van der Waals surface area contributed by atoms with Crippen molar-refractivity contribution in [1.82, 2.24) is 10.5 Å². The third-order valence-corrected chi connectivity index (χ3v) is 3.26. The van der Waals surface area contributed by atoms with E-state index in [0.29, 0.717) is 18.0 Å². The Morgan fingerprint density at radius 3 is 2.83 bits per heavy atom. The molecule has 1 N–H and O–H groups in total. The minimum Gasteiger partial charge on any atom is -0.493 e. The fourth-order valence-corrected chi connectivity index (χ4v) is 2.04. The number of amides is 1. The zero-order valence-electron chi connectivity index (χ0n) is 13.2. The van der Waals surface area contributed by atoms with E-state index < -0.39 is 0 Å². The second kappa shape index (κ2) is 8.63. The summed E-state index contributed by atoms with van der Waals surface area (Å²) in [5, 5.41) is 6.47. The van der Waals surface area contributed by atoms with E-state index in [1.165, 1.54) is 6.08 Å². The van der Waals surface area contributed by atoms with E-state index in [-0.39, 0.29) is 5.91 Å². The smallest absolute Gasteiger partial charge is 0.243 e. The van der Waals surface area contributed by atoms with Crippen LogP contribution in [0.15, 0.2) is 41.3 Å². The third-order valence-electron chi connectivity index (χ3n) is 3.26. The van der Waals surface area contributed by atoms with Crippen LogP contribution >= 0.6 is 0 Å². The van der Waals surface area contributed by atoms with Gasteiger partial charge in [-0.15, -0.1) is 0 Å². The van der Waals surface area contributed by atoms with Crippen LogP contribution in [0.1, 0.15) is 17.5 Å². The molecular formula is C17H20N2O4. The number of aryl methyl sites for hydroxylation is 1. The van der Waals surface area contributed by atoms with Gasteiger partial charge in [-0.1, -0.05) is 11.2 Å². The van der Waals surface area contributed by atoms with E-state index in [2.05, 4.69) is 10.5 Å². The average Bonchev–Trinajstić information content (AvgIpc) is 3.10. The van der Waals surface area contributed by atoms with Crippen LogP contribution < -0.4 is 14.8 Å². The summed E-state index contributed by atoms with van der Waals surface area (Å²) in [5.74, 6) is 1.15. The Kier molecular flexibility index (Phi) is 6.23. The van der Waals surface area contributed by atoms with Gasteiger partial charge < -0.3 is 19.3 Å². The number of carbonyl (C=O) groups excluding carboxylic acids is 1. The summed E-state index contributed by atoms with van der Waals surface area (Å²) in [5.41, 5.74) is 1.89. The van der Waals surface area contributed by atoms with Gasteiger partial charge in [-0.05, 0) is 36.6 Å². The zero-order valence-corrected chi connectivity index (χ0v) is 13.2. The maximum atomic E-state index is 11.8. The number of nitrogens with one attached hydrogen (secondary N) is 1. The summed E-state index contributed by atoms with van der Waals surface area (Å²) < 4.78 is 15.1. The van der Waals surface area contributed by atoms with E-state index in [9.17, 15) is 4.79 Å². The molecule has 122 valence electrons. The highest BCUT2D eigenvalue weighted by Gasteiger charge is 2.03. The molecule has 1 aromatic carbocycles. The van der Waals surface area contributed by atoms with Crippen molar-refractivity contribution < 1.29 is 18.8 Å². The molecule has 1 aromatic heterocycles. The van der Waals surface area contributed by atoms with E-state index in [1.807, 2.05) is 12.1 Å². The van der Waals surface area contributed by atoms with Gasteiger partial charge in [0.2, 0.25) is 5.91 Å². The highest BCUT2D eigenvalue weighted by atomic mass is 16.5. The molecule has 0 aliphatic rings. The van der Waals surface area contributed by atoms with Crippen LogP contribution in [0.5, 0.6) is 11.5 Å². The van der Waals surface area contributed by atoms with Gasteiger partial charge in [-0.2, -0.15) is 0 Å². The van der Waals surface area contributed by atoms with Gasteiger partial charge >= 0.3 is 0 Å². The van der Waals surface area contributed by atoms with Gasteiger partial charge in [-0.25, -0.2) is 0 Å². The Labute approximate surface area is 135 Å². The van der Waals surface area contributed by atoms with Crippen LogP contribution in [-0.2, 0) is 11.2 Å². The van der Waals surface area contributed by atoms with Gasteiger partial charge in [-0.3, -0.25) is 4.79 Å². The summed E-state index contributed by atoms with van der Waals surface area (Å²) in [7, 11) is 3.16. The molecule has 1 heterocycles. The lowest BCUT2D eigenvalue weighted by molar-refractivity contribution is -0.116. The molecule has 0 saturated heterocycles. The molecule has 1 amide bonds. The van der Waals surface area contributed by atoms with E-state index >= 15 is 0 Å². The van der Waals surface area contributed by atoms with Gasteiger partial charge in [0.15, 0.2) is 11.5 Å². The Bertz CT molecular complexity index is 651. The van der Waals surface area contributed by atoms with Crippen molar-refractivity contribution in [3.8, 4) is 11.5 Å². The van der Waals surface area contributed by atoms with Crippen LogP contribution in [0, 0.1) is 0 Å². The molecule has 23 heavy (non-hydrogen) atoms. The molecule has 6 heteroatoms. The molecular weight excluding hydrogens is 296 g/mol. The number of carbonyl (C=O) groups is 1. The predicted octanol–water partition coefficient (Wildman–Crippen LogP) is 2.45. The Morgan fingerprint density at radius 2 is 2.13 bits per heavy atom. The molecule has 0 saturated carbocycles. The van der Waals surface area contributed by atoms with Crippen molar-refractivity contribution in [2.24, 2.45) is 0 Å². The predicted molar refractivity (Wildman–Crippen MR) is 86.4 cm³/mol. The largest absolute Gasteiger partial charge is 0.493 e. The van der Waals surface area contributed by atoms with Gasteiger partial charge in [0.25, 0.3) is 0 Å². The van der Waals surface area contributed by atoms with Crippen molar-refractivity contribution in [3.05, 3.63) is 47.9 Å². The number of hydrogen-bond donors (Lipinski definition) is 1. The lowest BCUT2D eigenvalue weighted by Gasteiger charge is -2.07. The maximum absolute atomic E-state index is 11.8. The minimum absolute atomic E-state index is 0.134. The van der Waals surface area contributed by atoms with E-state index in [4.69, 9.17) is 14.0 Å². The van der Waals surface area contributed by atoms with Gasteiger partial charge in [0.1, 0.15) is 6.26 Å². The number of rotatable bonds is 8. The van der Waals surface area contributed by atoms with Gasteiger partial charge in [0, 0.05) is 18.2 Å². The lowest BCUT2D eigenvalue weighted by atomic mass is 10.2. The first-order chi connectivity index (χ1) is 11.2. The van der Waals surface area contributed by atoms with Crippen LogP contribution in [0.25, 0.3) is 6.08 Å². The molecule has 0 bridgehead atoms. The van der Waals surface area contributed by atoms with Crippen molar-refractivity contribution in [3.63, 3.8) is 0 Å². The maximum Gasteiger partial charge on any atom is 0.243 e. The molecule has 0 radical (unpaired) electrons. The first-order valence-electron chi connectivity index (χ1n) is 7.29. The summed E-state index contributed by atoms with van der Waals surface area (Å²) in [6.45, 7) is 0.598. The second-order valence-corrected chi connectivity index (χ2v) is 4.88. The number of benzene rings is 1. The van der Waals surface area contributed by atoms with Crippen LogP contribution in [0.3, 0.4) is 0 Å². The highest BCUT2D eigenvalue weighted by Crippen LogP contribution is 2.27. The topological polar surface area (TPSA) is 73.6 Å². The number of methoxy groups -OCH3 is 2. The normalized spacial score (nSPS) is 10.7. The van der Waals surface area contributed by atoms with Crippen molar-refractivity contribution >= 4 is 12.0 Å². The molecule has 0 aliphatic carbocycles. The summed E-state index contributed by atoms with van der Waals surface area (Å²) >= 11 is 0. The summed E-state index contributed by atoms with van der Waals surface area (Å²) in [6.07, 6.45) is 8.18. The van der Waals surface area contributed by atoms with Crippen LogP contribution in [-0.4, -0.2) is 31.8 Å². The lowest BCUT2D eigenvalue weighted by Crippen LogP contribution is -2.22. The van der Waals surface area contributed by atoms with Crippen molar-refractivity contribution in [2.45, 2.75) is 12.8 Å². The highest BCUT2D eigenvalue weighted by molar-refractivity contribution is 5.91. The van der Waals surface area contributed by atoms with Crippen LogP contribution in [0.2, 0.25) is 0 Å². The summed E-state index contributed by atoms with van der Waals surface area (Å²) in [4.78, 5) is 11.8. The monoisotopic (exact) mass is 316 g/mol. The number of ether oxygens (including phenoxy) is 2. The van der Waals surface area contributed by atoms with Crippen LogP contribution in [0.4, 0.5) is 0 Å². The standard InChI is InChI=1S/C17H20N2O4/c1-21-15-7-5-13(10-16(15)22-2)6-8-17(20)18-9-3-4-14-11-19-23-12-14/h5-8,10-12H,3-4,9H2,1-2H3,(H,18,20)/b8-6+. The Morgan fingerprint density at radius 1 is 1.30 bits per heavy atom. The molecule has 0 spiro atoms. The molecule has 2 aromatic rings. The van der Waals surface area contributed by atoms with Crippen molar-refractivity contribution in [1.29, 1.82) is 0 Å². The van der Waals surface area contributed by atoms with E-state index in [0.717, 1.165) is 24.0 Å². The first-order valence-corrected chi connectivity index (χ1v) is 7.29. The number of aromatic nitrogens is 1. The second-order valence-electron chi connectivity index (χ2n) is 4.88. The molecule has 2 rings (SSSR count). The fourth-order valence-electron chi connectivity index (χ4n) is 2.04. The first kappa shape index (κ1) is 16.6. The molecule has 0 aliphatic heterocycles. The quantitative estimate of drug-likeness (QED) is 0.598. The Hall–Kier alpha value is -2.76.